The Balaban J connectivity index is 1.23. The van der Waals surface area contributed by atoms with Crippen LogP contribution in [0.1, 0.15) is 94.3 Å². The summed E-state index contributed by atoms with van der Waals surface area (Å²) in [5.41, 5.74) is 5.92. The van der Waals surface area contributed by atoms with Gasteiger partial charge >= 0.3 is 0 Å². The molecule has 7 atom stereocenters. The van der Waals surface area contributed by atoms with Gasteiger partial charge in [0.15, 0.2) is 35.6 Å². The fourth-order valence-electron chi connectivity index (χ4n) is 12.1. The maximum Gasteiger partial charge on any atom is 0.186 e. The molecular formula is C58H68N2O10S2. The van der Waals surface area contributed by atoms with Gasteiger partial charge in [0.05, 0.1) is 42.7 Å². The molecule has 1 aliphatic heterocycles. The zero-order chi connectivity index (χ0) is 50.5. The molecule has 0 saturated heterocycles. The number of Topliss-reactive ketones (excluding diaryl/α,β-unsaturated/α-hetero) is 1. The van der Waals surface area contributed by atoms with E-state index in [0.717, 1.165) is 81.8 Å². The number of aliphatic hydroxyl groups is 4. The maximum atomic E-state index is 16.6. The average molecular weight is 1020 g/mol. The molecule has 2 heterocycles. The second-order valence-electron chi connectivity index (χ2n) is 19.9. The minimum atomic E-state index is -1.67. The highest BCUT2D eigenvalue weighted by Gasteiger charge is 2.58. The van der Waals surface area contributed by atoms with E-state index in [2.05, 4.69) is 41.5 Å². The first-order valence-electron chi connectivity index (χ1n) is 25.3. The van der Waals surface area contributed by atoms with Crippen LogP contribution in [0.25, 0.3) is 10.8 Å². The Labute approximate surface area is 429 Å². The van der Waals surface area contributed by atoms with Gasteiger partial charge in [-0.3, -0.25) is 4.79 Å². The van der Waals surface area contributed by atoms with Gasteiger partial charge in [0, 0.05) is 42.6 Å². The predicted octanol–water partition coefficient (Wildman–Crippen LogP) is 9.05. The van der Waals surface area contributed by atoms with E-state index >= 15 is 4.79 Å². The van der Waals surface area contributed by atoms with E-state index in [0.29, 0.717) is 59.9 Å². The zero-order valence-corrected chi connectivity index (χ0v) is 42.9. The number of hydrogen-bond acceptors (Lipinski definition) is 13. The van der Waals surface area contributed by atoms with Crippen LogP contribution in [0.3, 0.4) is 0 Å². The van der Waals surface area contributed by atoms with Gasteiger partial charge in [-0.2, -0.15) is 0 Å². The number of aromatic amines is 1. The van der Waals surface area contributed by atoms with Crippen molar-refractivity contribution >= 4 is 38.1 Å². The number of ether oxygens (including phenoxy) is 3. The third-order valence-electron chi connectivity index (χ3n) is 15.6. The molecule has 2 aliphatic carbocycles. The number of ketones is 1. The fraction of sp³-hybridized carbons (Fsp3) is 0.431. The smallest absolute Gasteiger partial charge is 0.186 e. The number of aryl methyl sites for hydroxylation is 1. The van der Waals surface area contributed by atoms with Crippen molar-refractivity contribution in [2.75, 3.05) is 33.3 Å². The molecule has 9 rings (SSSR count). The molecule has 5 aromatic carbocycles. The number of H-pyrrole nitrogens is 1. The summed E-state index contributed by atoms with van der Waals surface area (Å²) in [6.07, 6.45) is 7.05. The lowest BCUT2D eigenvalue weighted by molar-refractivity contribution is -0.149. The molecule has 2 saturated carbocycles. The lowest BCUT2D eigenvalue weighted by atomic mass is 9.55. The van der Waals surface area contributed by atoms with E-state index in [9.17, 15) is 30.6 Å². The Morgan fingerprint density at radius 2 is 1.74 bits per heavy atom. The number of rotatable bonds is 14. The van der Waals surface area contributed by atoms with Crippen LogP contribution in [0.15, 0.2) is 97.3 Å². The molecular weight excluding hydrogens is 949 g/mol. The van der Waals surface area contributed by atoms with Gasteiger partial charge in [-0.15, -0.1) is 0 Å². The van der Waals surface area contributed by atoms with E-state index < -0.39 is 42.2 Å². The Hall–Kier alpha value is -5.19. The van der Waals surface area contributed by atoms with Gasteiger partial charge in [-0.25, -0.2) is 0 Å². The first kappa shape index (κ1) is 51.7. The number of carbonyl (C=O) groups is 1. The van der Waals surface area contributed by atoms with Gasteiger partial charge in [-0.1, -0.05) is 77.0 Å². The third-order valence-corrected chi connectivity index (χ3v) is 18.4. The molecule has 3 aliphatic rings. The Bertz CT molecular complexity index is 2830. The number of nitrogens with one attached hydrogen (secondary N) is 2. The first-order chi connectivity index (χ1) is 35.0. The lowest BCUT2D eigenvalue weighted by Crippen LogP contribution is -2.61. The fourth-order valence-corrected chi connectivity index (χ4v) is 15.0. The molecule has 0 radical (unpaired) electrons. The van der Waals surface area contributed by atoms with Crippen molar-refractivity contribution in [1.29, 1.82) is 0 Å². The predicted molar refractivity (Wildman–Crippen MR) is 284 cm³/mol. The van der Waals surface area contributed by atoms with Gasteiger partial charge in [-0.05, 0) is 168 Å². The molecule has 0 bridgehead atoms. The number of methoxy groups -OCH3 is 1. The van der Waals surface area contributed by atoms with Crippen LogP contribution in [-0.2, 0) is 48.9 Å². The van der Waals surface area contributed by atoms with Gasteiger partial charge < -0.3 is 55.2 Å². The normalized spacial score (nSPS) is 24.0. The van der Waals surface area contributed by atoms with Crippen molar-refractivity contribution in [1.82, 2.24) is 10.3 Å². The van der Waals surface area contributed by atoms with E-state index in [4.69, 9.17) is 14.2 Å². The summed E-state index contributed by atoms with van der Waals surface area (Å²) in [5, 5.41) is 75.4. The second-order valence-corrected chi connectivity index (χ2v) is 22.5. The molecule has 382 valence electrons. The molecule has 6 aromatic rings. The Kier molecular flexibility index (Phi) is 16.5. The number of aromatic nitrogens is 1. The summed E-state index contributed by atoms with van der Waals surface area (Å²) in [7, 11) is 6.43. The highest BCUT2D eigenvalue weighted by Crippen LogP contribution is 2.52. The minimum absolute atomic E-state index is 0.00408. The lowest BCUT2D eigenvalue weighted by Gasteiger charge is -2.49. The number of phenols is 2. The number of aromatic hydroxyl groups is 2. The highest BCUT2D eigenvalue weighted by atomic mass is 33.1. The molecule has 8 N–H and O–H groups in total. The van der Waals surface area contributed by atoms with Gasteiger partial charge in [0.2, 0.25) is 0 Å². The van der Waals surface area contributed by atoms with Crippen LogP contribution < -0.4 is 19.5 Å². The SMILES string of the molecule is CCc1ccc2cccc3c2c1Cc1c(ccc(O)c1OC)CC(Cc1cc[nH]c1)C(O)C1C(=O)C(Cc2ccc(OCO)c(OC4CCCC4)c2)(c2cc(O)cc(CNC)c2)C(O)CC1CSSC3CO. The van der Waals surface area contributed by atoms with Crippen LogP contribution >= 0.6 is 21.6 Å². The molecule has 2 fully saturated rings. The minimum Gasteiger partial charge on any atom is -0.508 e. The number of carbonyl (C=O) groups excluding carboxylic acids is 1. The molecule has 0 amide bonds. The van der Waals surface area contributed by atoms with E-state index in [-0.39, 0.29) is 48.1 Å². The number of aliphatic hydroxyl groups excluding tert-OH is 4. The molecule has 7 unspecified atom stereocenters. The van der Waals surface area contributed by atoms with Gasteiger partial charge in [0.25, 0.3) is 0 Å². The van der Waals surface area contributed by atoms with Crippen LogP contribution in [0.4, 0.5) is 0 Å². The zero-order valence-electron chi connectivity index (χ0n) is 41.3. The summed E-state index contributed by atoms with van der Waals surface area (Å²) >= 11 is 0. The molecule has 0 spiro atoms. The molecule has 1 aromatic heterocycles. The second kappa shape index (κ2) is 22.9. The summed E-state index contributed by atoms with van der Waals surface area (Å²) in [4.78, 5) is 19.8. The van der Waals surface area contributed by atoms with E-state index in [1.165, 1.54) is 21.6 Å². The van der Waals surface area contributed by atoms with E-state index in [1.807, 2.05) is 48.8 Å². The topological polar surface area (TPSA) is 194 Å². The van der Waals surface area contributed by atoms with Crippen LogP contribution in [0, 0.1) is 17.8 Å². The summed E-state index contributed by atoms with van der Waals surface area (Å²) in [6.45, 7) is 1.80. The largest absolute Gasteiger partial charge is 0.508 e. The average Bonchev–Trinajstić information content (AvgIpc) is 4.10. The maximum absolute atomic E-state index is 16.6. The summed E-state index contributed by atoms with van der Waals surface area (Å²) in [6, 6.07) is 26.5. The van der Waals surface area contributed by atoms with Crippen LogP contribution in [-0.4, -0.2) is 93.0 Å². The number of fused-ring (bicyclic) bond motifs is 2. The highest BCUT2D eigenvalue weighted by molar-refractivity contribution is 8.76. The van der Waals surface area contributed by atoms with Crippen LogP contribution in [0.5, 0.6) is 28.7 Å². The van der Waals surface area contributed by atoms with Crippen molar-refractivity contribution in [2.45, 2.75) is 107 Å². The molecule has 14 heteroatoms. The van der Waals surface area contributed by atoms with Crippen molar-refractivity contribution in [3.05, 3.63) is 147 Å². The van der Waals surface area contributed by atoms with Crippen LogP contribution in [0.2, 0.25) is 0 Å². The summed E-state index contributed by atoms with van der Waals surface area (Å²) < 4.78 is 18.2. The monoisotopic (exact) mass is 1020 g/mol. The van der Waals surface area contributed by atoms with Crippen molar-refractivity contribution in [3.8, 4) is 28.7 Å². The first-order valence-corrected chi connectivity index (χ1v) is 27.7. The van der Waals surface area contributed by atoms with Crippen molar-refractivity contribution in [2.24, 2.45) is 17.8 Å². The third kappa shape index (κ3) is 10.5. The summed E-state index contributed by atoms with van der Waals surface area (Å²) in [5.74, 6) is -0.967. The number of phenolic OH excluding ortho intramolecular Hbond substituents is 2. The van der Waals surface area contributed by atoms with Crippen molar-refractivity contribution < 1.29 is 49.6 Å². The Morgan fingerprint density at radius 1 is 0.903 bits per heavy atom. The molecule has 12 nitrogen and oxygen atoms in total. The number of benzene rings is 5. The van der Waals surface area contributed by atoms with Crippen molar-refractivity contribution in [3.63, 3.8) is 0 Å². The quantitative estimate of drug-likeness (QED) is 0.0381. The van der Waals surface area contributed by atoms with E-state index in [1.54, 1.807) is 38.4 Å². The standard InChI is InChI=1S/C58H68N2O10S2/c1-4-37-13-14-38-8-7-11-45-51(31-61)72-71-32-41-25-52(65)58(42-21-36(29-59-2)22-43(63)26-42,28-34-12-17-49(69-33-62)50(23-34)70-44-9-5-6-10-44)57(67)54(41)55(66)40(20-35-18-19-60-30-35)24-39-15-16-48(64)56(68-3)47(39)27-46(37)53(38)45/h7-8,11-19,21-23,26,30,40-41,44,51-52,54-55,59-66H,4-6,9-10,20,24-25,27-29,31-33H2,1-3H3. The molecule has 72 heavy (non-hydrogen) atoms. The number of hydrogen-bond donors (Lipinski definition) is 8. The Morgan fingerprint density at radius 3 is 2.47 bits per heavy atom. The van der Waals surface area contributed by atoms with Gasteiger partial charge in [0.1, 0.15) is 5.75 Å².